The number of hydrogen-bond donors (Lipinski definition) is 1. The zero-order chi connectivity index (χ0) is 13.8. The first-order chi connectivity index (χ1) is 9.81. The lowest BCUT2D eigenvalue weighted by Gasteiger charge is -2.26. The van der Waals surface area contributed by atoms with E-state index in [0.717, 1.165) is 29.6 Å². The van der Waals surface area contributed by atoms with E-state index in [0.29, 0.717) is 13.2 Å². The maximum atomic E-state index is 5.87. The Balaban J connectivity index is 1.51. The van der Waals surface area contributed by atoms with E-state index in [-0.39, 0.29) is 6.10 Å². The van der Waals surface area contributed by atoms with Crippen LogP contribution in [0, 0.1) is 6.92 Å². The predicted molar refractivity (Wildman–Crippen MR) is 74.8 cm³/mol. The van der Waals surface area contributed by atoms with Crippen molar-refractivity contribution in [3.63, 3.8) is 0 Å². The van der Waals surface area contributed by atoms with Crippen LogP contribution < -0.4 is 14.8 Å². The third kappa shape index (κ3) is 3.05. The summed E-state index contributed by atoms with van der Waals surface area (Å²) in [5.74, 6) is 2.41. The summed E-state index contributed by atoms with van der Waals surface area (Å²) >= 11 is 0. The van der Waals surface area contributed by atoms with Gasteiger partial charge in [0.25, 0.3) is 0 Å². The quantitative estimate of drug-likeness (QED) is 0.917. The lowest BCUT2D eigenvalue weighted by atomic mass is 10.2. The van der Waals surface area contributed by atoms with Gasteiger partial charge in [0.2, 0.25) is 0 Å². The Morgan fingerprint density at radius 3 is 2.95 bits per heavy atom. The average Bonchev–Trinajstić information content (AvgIpc) is 2.47. The molecule has 104 valence electrons. The molecule has 20 heavy (non-hydrogen) atoms. The summed E-state index contributed by atoms with van der Waals surface area (Å²) < 4.78 is 11.5. The highest BCUT2D eigenvalue weighted by Gasteiger charge is 2.19. The first kappa shape index (κ1) is 12.9. The SMILES string of the molecule is Cc1nccc(CNCC2COc3ccccc3O2)n1. The fourth-order valence-electron chi connectivity index (χ4n) is 2.13. The number of benzene rings is 1. The number of fused-ring (bicyclic) bond motifs is 1. The number of para-hydroxylation sites is 2. The Labute approximate surface area is 118 Å². The van der Waals surface area contributed by atoms with Crippen LogP contribution in [0.2, 0.25) is 0 Å². The molecule has 0 spiro atoms. The van der Waals surface area contributed by atoms with E-state index in [2.05, 4.69) is 15.3 Å². The monoisotopic (exact) mass is 271 g/mol. The first-order valence-electron chi connectivity index (χ1n) is 6.69. The van der Waals surface area contributed by atoms with Crippen LogP contribution in [0.1, 0.15) is 11.5 Å². The second kappa shape index (κ2) is 5.88. The van der Waals surface area contributed by atoms with Crippen molar-refractivity contribution >= 4 is 0 Å². The van der Waals surface area contributed by atoms with Crippen LogP contribution in [0.5, 0.6) is 11.5 Å². The summed E-state index contributed by atoms with van der Waals surface area (Å²) in [6.07, 6.45) is 1.79. The number of aryl methyl sites for hydroxylation is 1. The van der Waals surface area contributed by atoms with Crippen LogP contribution >= 0.6 is 0 Å². The Kier molecular flexibility index (Phi) is 3.78. The van der Waals surface area contributed by atoms with Crippen molar-refractivity contribution in [2.45, 2.75) is 19.6 Å². The molecule has 2 heterocycles. The van der Waals surface area contributed by atoms with Crippen LogP contribution in [-0.4, -0.2) is 29.2 Å². The van der Waals surface area contributed by atoms with Gasteiger partial charge in [0, 0.05) is 19.3 Å². The number of aromatic nitrogens is 2. The molecule has 5 heteroatoms. The molecule has 0 amide bonds. The molecule has 3 rings (SSSR count). The lowest BCUT2D eigenvalue weighted by Crippen LogP contribution is -2.38. The predicted octanol–water partition coefficient (Wildman–Crippen LogP) is 1.71. The summed E-state index contributed by atoms with van der Waals surface area (Å²) in [6.45, 7) is 3.87. The number of hydrogen-bond acceptors (Lipinski definition) is 5. The molecule has 5 nitrogen and oxygen atoms in total. The third-order valence-electron chi connectivity index (χ3n) is 3.08. The van der Waals surface area contributed by atoms with Crippen molar-refractivity contribution in [3.05, 3.63) is 48.0 Å². The van der Waals surface area contributed by atoms with Crippen LogP contribution in [-0.2, 0) is 6.54 Å². The Morgan fingerprint density at radius 1 is 1.25 bits per heavy atom. The Bertz CT molecular complexity index is 589. The highest BCUT2D eigenvalue weighted by Crippen LogP contribution is 2.30. The van der Waals surface area contributed by atoms with Crippen LogP contribution in [0.25, 0.3) is 0 Å². The number of nitrogens with one attached hydrogen (secondary N) is 1. The van der Waals surface area contributed by atoms with Crippen LogP contribution in [0.15, 0.2) is 36.5 Å². The second-order valence-electron chi connectivity index (χ2n) is 4.72. The van der Waals surface area contributed by atoms with Crippen molar-refractivity contribution in [1.29, 1.82) is 0 Å². The van der Waals surface area contributed by atoms with E-state index in [1.54, 1.807) is 6.20 Å². The van der Waals surface area contributed by atoms with Gasteiger partial charge < -0.3 is 14.8 Å². The molecule has 1 aromatic carbocycles. The molecule has 1 atom stereocenters. The molecular formula is C15H17N3O2. The van der Waals surface area contributed by atoms with Gasteiger partial charge in [-0.3, -0.25) is 0 Å². The smallest absolute Gasteiger partial charge is 0.161 e. The maximum absolute atomic E-state index is 5.87. The summed E-state index contributed by atoms with van der Waals surface area (Å²) in [7, 11) is 0. The van der Waals surface area contributed by atoms with Gasteiger partial charge in [-0.2, -0.15) is 0 Å². The van der Waals surface area contributed by atoms with Gasteiger partial charge >= 0.3 is 0 Å². The Morgan fingerprint density at radius 2 is 2.10 bits per heavy atom. The van der Waals surface area contributed by atoms with E-state index in [4.69, 9.17) is 9.47 Å². The fraction of sp³-hybridized carbons (Fsp3) is 0.333. The average molecular weight is 271 g/mol. The topological polar surface area (TPSA) is 56.3 Å². The molecular weight excluding hydrogens is 254 g/mol. The summed E-state index contributed by atoms with van der Waals surface area (Å²) in [4.78, 5) is 8.43. The molecule has 0 radical (unpaired) electrons. The van der Waals surface area contributed by atoms with Gasteiger partial charge in [0.05, 0.1) is 5.69 Å². The molecule has 2 aromatic rings. The van der Waals surface area contributed by atoms with E-state index < -0.39 is 0 Å². The van der Waals surface area contributed by atoms with Crippen molar-refractivity contribution < 1.29 is 9.47 Å². The van der Waals surface area contributed by atoms with Crippen molar-refractivity contribution in [1.82, 2.24) is 15.3 Å². The van der Waals surface area contributed by atoms with Gasteiger partial charge in [-0.05, 0) is 25.1 Å². The number of rotatable bonds is 4. The molecule has 0 saturated carbocycles. The molecule has 1 aliphatic heterocycles. The minimum Gasteiger partial charge on any atom is -0.486 e. The zero-order valence-corrected chi connectivity index (χ0v) is 11.4. The van der Waals surface area contributed by atoms with Crippen molar-refractivity contribution in [2.75, 3.05) is 13.2 Å². The maximum Gasteiger partial charge on any atom is 0.161 e. The van der Waals surface area contributed by atoms with E-state index in [1.165, 1.54) is 0 Å². The molecule has 0 aliphatic carbocycles. The van der Waals surface area contributed by atoms with Gasteiger partial charge in [-0.25, -0.2) is 9.97 Å². The number of ether oxygens (including phenoxy) is 2. The van der Waals surface area contributed by atoms with Crippen LogP contribution in [0.4, 0.5) is 0 Å². The van der Waals surface area contributed by atoms with E-state index in [1.807, 2.05) is 37.3 Å². The lowest BCUT2D eigenvalue weighted by molar-refractivity contribution is 0.0901. The minimum absolute atomic E-state index is 0.0211. The summed E-state index contributed by atoms with van der Waals surface area (Å²) in [6, 6.07) is 9.64. The van der Waals surface area contributed by atoms with Gasteiger partial charge in [0.15, 0.2) is 11.5 Å². The van der Waals surface area contributed by atoms with Crippen LogP contribution in [0.3, 0.4) is 0 Å². The number of nitrogens with zero attached hydrogens (tertiary/aromatic N) is 2. The molecule has 1 unspecified atom stereocenters. The standard InChI is InChI=1S/C15H17N3O2/c1-11-17-7-6-12(18-11)8-16-9-13-10-19-14-4-2-3-5-15(14)20-13/h2-7,13,16H,8-10H2,1H3. The van der Waals surface area contributed by atoms with Gasteiger partial charge in [0.1, 0.15) is 18.5 Å². The normalized spacial score (nSPS) is 16.9. The highest BCUT2D eigenvalue weighted by molar-refractivity contribution is 5.40. The van der Waals surface area contributed by atoms with Crippen molar-refractivity contribution in [3.8, 4) is 11.5 Å². The van der Waals surface area contributed by atoms with Crippen molar-refractivity contribution in [2.24, 2.45) is 0 Å². The first-order valence-corrected chi connectivity index (χ1v) is 6.69. The fourth-order valence-corrected chi connectivity index (χ4v) is 2.13. The third-order valence-corrected chi connectivity index (χ3v) is 3.08. The Hall–Kier alpha value is -2.14. The largest absolute Gasteiger partial charge is 0.486 e. The molecule has 0 fully saturated rings. The molecule has 0 saturated heterocycles. The molecule has 1 N–H and O–H groups in total. The molecule has 0 bridgehead atoms. The molecule has 1 aromatic heterocycles. The van der Waals surface area contributed by atoms with E-state index in [9.17, 15) is 0 Å². The van der Waals surface area contributed by atoms with Gasteiger partial charge in [-0.1, -0.05) is 12.1 Å². The van der Waals surface area contributed by atoms with Gasteiger partial charge in [-0.15, -0.1) is 0 Å². The van der Waals surface area contributed by atoms with E-state index >= 15 is 0 Å². The second-order valence-corrected chi connectivity index (χ2v) is 4.72. The summed E-state index contributed by atoms with van der Waals surface area (Å²) in [5.41, 5.74) is 0.981. The minimum atomic E-state index is 0.0211. The zero-order valence-electron chi connectivity index (χ0n) is 11.4. The molecule has 1 aliphatic rings. The highest BCUT2D eigenvalue weighted by atomic mass is 16.6. The summed E-state index contributed by atoms with van der Waals surface area (Å²) in [5, 5.41) is 3.33.